The molecule has 0 fully saturated rings. The van der Waals surface area contributed by atoms with Crippen molar-refractivity contribution in [3.8, 4) is 0 Å². The zero-order chi connectivity index (χ0) is 12.2. The second-order valence-corrected chi connectivity index (χ2v) is 4.98. The summed E-state index contributed by atoms with van der Waals surface area (Å²) in [6.07, 6.45) is 1.13. The summed E-state index contributed by atoms with van der Waals surface area (Å²) < 4.78 is 1.51. The molecule has 2 N–H and O–H groups in total. The van der Waals surface area contributed by atoms with E-state index in [-0.39, 0.29) is 11.1 Å². The van der Waals surface area contributed by atoms with Crippen LogP contribution in [0.4, 0.5) is 0 Å². The number of β-amino-alcohol motifs (C(OH)–C–C–N with tert-alkyl or cyclic N) is 1. The number of rotatable bonds is 4. The highest BCUT2D eigenvalue weighted by Crippen LogP contribution is 1.99. The maximum Gasteiger partial charge on any atom is 0.250 e. The third kappa shape index (κ3) is 4.59. The maximum absolute atomic E-state index is 11.4. The first-order valence-electron chi connectivity index (χ1n) is 5.47. The van der Waals surface area contributed by atoms with Gasteiger partial charge < -0.3 is 15.0 Å². The van der Waals surface area contributed by atoms with Crippen molar-refractivity contribution in [1.82, 2.24) is 9.88 Å². The van der Waals surface area contributed by atoms with Gasteiger partial charge in [-0.3, -0.25) is 4.79 Å². The third-order valence-corrected chi connectivity index (χ3v) is 2.17. The molecule has 1 atom stereocenters. The van der Waals surface area contributed by atoms with Crippen molar-refractivity contribution in [2.24, 2.45) is 0 Å². The van der Waals surface area contributed by atoms with Gasteiger partial charge in [0, 0.05) is 24.3 Å². The molecule has 0 aromatic carbocycles. The van der Waals surface area contributed by atoms with Crippen LogP contribution in [0.5, 0.6) is 0 Å². The second kappa shape index (κ2) is 5.27. The molecule has 0 radical (unpaired) electrons. The summed E-state index contributed by atoms with van der Waals surface area (Å²) in [5.74, 6) is 0. The Balaban J connectivity index is 2.49. The summed E-state index contributed by atoms with van der Waals surface area (Å²) in [7, 11) is 0. The van der Waals surface area contributed by atoms with Crippen molar-refractivity contribution >= 4 is 0 Å². The molecule has 16 heavy (non-hydrogen) atoms. The Kier molecular flexibility index (Phi) is 4.26. The van der Waals surface area contributed by atoms with Gasteiger partial charge in [-0.2, -0.15) is 0 Å². The molecule has 0 aliphatic heterocycles. The molecule has 4 heteroatoms. The third-order valence-electron chi connectivity index (χ3n) is 2.17. The van der Waals surface area contributed by atoms with Crippen LogP contribution in [0.2, 0.25) is 0 Å². The van der Waals surface area contributed by atoms with Crippen LogP contribution < -0.4 is 10.9 Å². The first-order chi connectivity index (χ1) is 7.38. The van der Waals surface area contributed by atoms with Gasteiger partial charge >= 0.3 is 0 Å². The second-order valence-electron chi connectivity index (χ2n) is 4.98. The Morgan fingerprint density at radius 2 is 2.12 bits per heavy atom. The minimum atomic E-state index is -0.556. The number of nitrogens with one attached hydrogen (secondary N) is 1. The number of hydrogen-bond acceptors (Lipinski definition) is 3. The molecule has 4 nitrogen and oxygen atoms in total. The van der Waals surface area contributed by atoms with E-state index < -0.39 is 6.10 Å². The van der Waals surface area contributed by atoms with Crippen LogP contribution in [0.3, 0.4) is 0 Å². The van der Waals surface area contributed by atoms with Crippen molar-refractivity contribution in [1.29, 1.82) is 0 Å². The SMILES string of the molecule is CC(C)(C)NCC(O)Cn1ccccc1=O. The molecule has 0 aliphatic carbocycles. The number of nitrogens with zero attached hydrogens (tertiary/aromatic N) is 1. The van der Waals surface area contributed by atoms with Gasteiger partial charge in [-0.25, -0.2) is 0 Å². The highest BCUT2D eigenvalue weighted by atomic mass is 16.3. The van der Waals surface area contributed by atoms with Crippen molar-refractivity contribution in [2.75, 3.05) is 6.54 Å². The minimum absolute atomic E-state index is 0.0252. The van der Waals surface area contributed by atoms with Crippen LogP contribution in [0.1, 0.15) is 20.8 Å². The Labute approximate surface area is 95.9 Å². The average molecular weight is 224 g/mol. The number of pyridine rings is 1. The Bertz CT molecular complexity index is 379. The molecule has 1 aromatic rings. The molecule has 1 heterocycles. The Morgan fingerprint density at radius 1 is 1.44 bits per heavy atom. The normalized spacial score (nSPS) is 13.8. The summed E-state index contributed by atoms with van der Waals surface area (Å²) in [6.45, 7) is 6.91. The van der Waals surface area contributed by atoms with E-state index in [9.17, 15) is 9.90 Å². The quantitative estimate of drug-likeness (QED) is 0.787. The van der Waals surface area contributed by atoms with E-state index in [0.29, 0.717) is 13.1 Å². The van der Waals surface area contributed by atoms with Gasteiger partial charge in [0.15, 0.2) is 0 Å². The number of aliphatic hydroxyl groups excluding tert-OH is 1. The molecule has 1 rings (SSSR count). The molecule has 0 bridgehead atoms. The summed E-state index contributed by atoms with van der Waals surface area (Å²) in [4.78, 5) is 11.4. The standard InChI is InChI=1S/C12H20N2O2/c1-12(2,3)13-8-10(15)9-14-7-5-4-6-11(14)16/h4-7,10,13,15H,8-9H2,1-3H3. The van der Waals surface area contributed by atoms with Gasteiger partial charge in [-0.15, -0.1) is 0 Å². The fraction of sp³-hybridized carbons (Fsp3) is 0.583. The van der Waals surface area contributed by atoms with Gasteiger partial charge in [-0.1, -0.05) is 6.07 Å². The van der Waals surface area contributed by atoms with Crippen molar-refractivity contribution in [3.05, 3.63) is 34.7 Å². The number of aliphatic hydroxyl groups is 1. The molecule has 0 saturated carbocycles. The number of hydrogen-bond donors (Lipinski definition) is 2. The first kappa shape index (κ1) is 12.9. The van der Waals surface area contributed by atoms with Crippen molar-refractivity contribution < 1.29 is 5.11 Å². The molecule has 90 valence electrons. The lowest BCUT2D eigenvalue weighted by molar-refractivity contribution is 0.141. The molecule has 0 spiro atoms. The zero-order valence-electron chi connectivity index (χ0n) is 10.1. The summed E-state index contributed by atoms with van der Waals surface area (Å²) >= 11 is 0. The van der Waals surface area contributed by atoms with Crippen LogP contribution >= 0.6 is 0 Å². The van der Waals surface area contributed by atoms with Crippen LogP contribution in [0.15, 0.2) is 29.2 Å². The van der Waals surface area contributed by atoms with E-state index in [4.69, 9.17) is 0 Å². The molecule has 1 aromatic heterocycles. The first-order valence-corrected chi connectivity index (χ1v) is 5.47. The van der Waals surface area contributed by atoms with Crippen LogP contribution in [-0.2, 0) is 6.54 Å². The summed E-state index contributed by atoms with van der Waals surface area (Å²) in [5.41, 5.74) is -0.111. The number of aromatic nitrogens is 1. The largest absolute Gasteiger partial charge is 0.390 e. The maximum atomic E-state index is 11.4. The fourth-order valence-corrected chi connectivity index (χ4v) is 1.33. The average Bonchev–Trinajstić information content (AvgIpc) is 2.18. The van der Waals surface area contributed by atoms with Gasteiger partial charge in [0.05, 0.1) is 12.6 Å². The van der Waals surface area contributed by atoms with Gasteiger partial charge in [0.25, 0.3) is 5.56 Å². The minimum Gasteiger partial charge on any atom is -0.390 e. The zero-order valence-corrected chi connectivity index (χ0v) is 10.1. The van der Waals surface area contributed by atoms with Crippen LogP contribution in [0.25, 0.3) is 0 Å². The van der Waals surface area contributed by atoms with Gasteiger partial charge in [0.1, 0.15) is 0 Å². The van der Waals surface area contributed by atoms with Crippen LogP contribution in [-0.4, -0.2) is 27.9 Å². The molecular weight excluding hydrogens is 204 g/mol. The van der Waals surface area contributed by atoms with Crippen LogP contribution in [0, 0.1) is 0 Å². The highest BCUT2D eigenvalue weighted by Gasteiger charge is 2.12. The van der Waals surface area contributed by atoms with Gasteiger partial charge in [0.2, 0.25) is 0 Å². The topological polar surface area (TPSA) is 54.3 Å². The molecule has 0 amide bonds. The molecule has 1 unspecified atom stereocenters. The van der Waals surface area contributed by atoms with E-state index in [2.05, 4.69) is 5.32 Å². The van der Waals surface area contributed by atoms with E-state index in [0.717, 1.165) is 0 Å². The lowest BCUT2D eigenvalue weighted by atomic mass is 10.1. The smallest absolute Gasteiger partial charge is 0.250 e. The highest BCUT2D eigenvalue weighted by molar-refractivity contribution is 4.93. The predicted octanol–water partition coefficient (Wildman–Crippen LogP) is 0.597. The molecule has 0 aliphatic rings. The van der Waals surface area contributed by atoms with Gasteiger partial charge in [-0.05, 0) is 26.8 Å². The lowest BCUT2D eigenvalue weighted by Gasteiger charge is -2.23. The van der Waals surface area contributed by atoms with E-state index in [1.807, 2.05) is 20.8 Å². The van der Waals surface area contributed by atoms with E-state index in [1.165, 1.54) is 10.6 Å². The Hall–Kier alpha value is -1.13. The van der Waals surface area contributed by atoms with E-state index >= 15 is 0 Å². The van der Waals surface area contributed by atoms with Crippen molar-refractivity contribution in [2.45, 2.75) is 39.0 Å². The van der Waals surface area contributed by atoms with E-state index in [1.54, 1.807) is 18.3 Å². The summed E-state index contributed by atoms with van der Waals surface area (Å²) in [6, 6.07) is 4.97. The molecule has 0 saturated heterocycles. The molecular formula is C12H20N2O2. The summed E-state index contributed by atoms with van der Waals surface area (Å²) in [5, 5.41) is 13.0. The predicted molar refractivity (Wildman–Crippen MR) is 64.5 cm³/mol. The van der Waals surface area contributed by atoms with Crippen molar-refractivity contribution in [3.63, 3.8) is 0 Å². The Morgan fingerprint density at radius 3 is 2.69 bits per heavy atom. The fourth-order valence-electron chi connectivity index (χ4n) is 1.33. The lowest BCUT2D eigenvalue weighted by Crippen LogP contribution is -2.42. The monoisotopic (exact) mass is 224 g/mol.